The first-order valence-electron chi connectivity index (χ1n) is 7.82. The van der Waals surface area contributed by atoms with Gasteiger partial charge in [0.05, 0.1) is 18.6 Å². The number of hydrogen-bond acceptors (Lipinski definition) is 5. The van der Waals surface area contributed by atoms with Crippen molar-refractivity contribution in [2.45, 2.75) is 19.2 Å². The van der Waals surface area contributed by atoms with Gasteiger partial charge < -0.3 is 19.3 Å². The Morgan fingerprint density at radius 1 is 1.29 bits per heavy atom. The van der Waals surface area contributed by atoms with E-state index in [1.54, 1.807) is 25.3 Å². The fourth-order valence-electron chi connectivity index (χ4n) is 2.58. The predicted molar refractivity (Wildman–Crippen MR) is 94.3 cm³/mol. The molecule has 0 aliphatic heterocycles. The molecule has 0 radical (unpaired) electrons. The SMILES string of the molecule is Cc1c(O)ccc2c(C[NH2+]CCSCc3ccco3)cc(=O)oc12. The van der Waals surface area contributed by atoms with E-state index in [-0.39, 0.29) is 11.4 Å². The lowest BCUT2D eigenvalue weighted by Crippen LogP contribution is -2.83. The van der Waals surface area contributed by atoms with Crippen molar-refractivity contribution in [3.05, 3.63) is 63.9 Å². The van der Waals surface area contributed by atoms with Gasteiger partial charge in [-0.1, -0.05) is 0 Å². The van der Waals surface area contributed by atoms with Crippen LogP contribution in [-0.4, -0.2) is 17.4 Å². The number of quaternary nitrogens is 1. The van der Waals surface area contributed by atoms with Crippen LogP contribution in [0.25, 0.3) is 11.0 Å². The standard InChI is InChI=1S/C18H19NO4S/c1-12-16(20)5-4-15-13(9-17(21)23-18(12)15)10-19-6-8-24-11-14-3-2-7-22-14/h2-5,7,9,19-20H,6,8,10-11H2,1H3/p+1. The zero-order valence-corrected chi connectivity index (χ0v) is 14.3. The molecule has 2 aromatic heterocycles. The molecule has 0 aliphatic carbocycles. The average Bonchev–Trinajstić information content (AvgIpc) is 3.08. The topological polar surface area (TPSA) is 80.2 Å². The fourth-order valence-corrected chi connectivity index (χ4v) is 3.42. The van der Waals surface area contributed by atoms with E-state index in [1.807, 2.05) is 23.9 Å². The second-order valence-corrected chi connectivity index (χ2v) is 6.70. The van der Waals surface area contributed by atoms with Gasteiger partial charge in [-0.3, -0.25) is 0 Å². The molecule has 0 saturated carbocycles. The van der Waals surface area contributed by atoms with Crippen LogP contribution in [0.3, 0.4) is 0 Å². The summed E-state index contributed by atoms with van der Waals surface area (Å²) in [6, 6.07) is 8.85. The van der Waals surface area contributed by atoms with Gasteiger partial charge in [-0.25, -0.2) is 4.79 Å². The third kappa shape index (κ3) is 3.83. The molecule has 0 aliphatic rings. The van der Waals surface area contributed by atoms with Crippen LogP contribution < -0.4 is 10.9 Å². The van der Waals surface area contributed by atoms with Gasteiger partial charge in [0, 0.05) is 28.3 Å². The number of aromatic hydroxyl groups is 1. The summed E-state index contributed by atoms with van der Waals surface area (Å²) in [6.45, 7) is 3.40. The summed E-state index contributed by atoms with van der Waals surface area (Å²) < 4.78 is 10.6. The molecule has 0 fully saturated rings. The molecule has 0 saturated heterocycles. The van der Waals surface area contributed by atoms with Crippen LogP contribution in [0, 0.1) is 6.92 Å². The normalized spacial score (nSPS) is 11.2. The van der Waals surface area contributed by atoms with Crippen LogP contribution in [0.1, 0.15) is 16.9 Å². The number of furan rings is 1. The molecule has 126 valence electrons. The van der Waals surface area contributed by atoms with Crippen molar-refractivity contribution in [3.8, 4) is 5.75 Å². The molecule has 0 spiro atoms. The summed E-state index contributed by atoms with van der Waals surface area (Å²) in [7, 11) is 0. The summed E-state index contributed by atoms with van der Waals surface area (Å²) >= 11 is 1.82. The third-order valence-corrected chi connectivity index (χ3v) is 4.89. The van der Waals surface area contributed by atoms with Gasteiger partial charge in [-0.05, 0) is 31.2 Å². The summed E-state index contributed by atoms with van der Waals surface area (Å²) in [5.74, 6) is 3.00. The fraction of sp³-hybridized carbons (Fsp3) is 0.278. The lowest BCUT2D eigenvalue weighted by molar-refractivity contribution is -0.666. The lowest BCUT2D eigenvalue weighted by Gasteiger charge is -2.07. The smallest absolute Gasteiger partial charge is 0.336 e. The Kier molecular flexibility index (Phi) is 5.27. The van der Waals surface area contributed by atoms with Gasteiger partial charge in [-0.2, -0.15) is 0 Å². The molecular formula is C18H20NO4S+. The van der Waals surface area contributed by atoms with Gasteiger partial charge in [0.15, 0.2) is 0 Å². The van der Waals surface area contributed by atoms with Crippen LogP contribution in [0.15, 0.2) is 50.2 Å². The molecule has 0 unspecified atom stereocenters. The van der Waals surface area contributed by atoms with Crippen molar-refractivity contribution in [3.63, 3.8) is 0 Å². The average molecular weight is 346 g/mol. The Labute approximate surface area is 143 Å². The Morgan fingerprint density at radius 3 is 2.96 bits per heavy atom. The molecule has 2 heterocycles. The highest BCUT2D eigenvalue weighted by Gasteiger charge is 2.11. The van der Waals surface area contributed by atoms with Crippen molar-refractivity contribution < 1.29 is 19.3 Å². The minimum Gasteiger partial charge on any atom is -0.508 e. The molecule has 5 nitrogen and oxygen atoms in total. The molecule has 6 heteroatoms. The van der Waals surface area contributed by atoms with E-state index in [1.165, 1.54) is 6.07 Å². The number of aryl methyl sites for hydroxylation is 1. The van der Waals surface area contributed by atoms with Crippen LogP contribution in [0.4, 0.5) is 0 Å². The maximum absolute atomic E-state index is 11.8. The van der Waals surface area contributed by atoms with E-state index in [0.29, 0.717) is 17.7 Å². The monoisotopic (exact) mass is 346 g/mol. The van der Waals surface area contributed by atoms with Gasteiger partial charge in [0.1, 0.15) is 23.6 Å². The van der Waals surface area contributed by atoms with E-state index >= 15 is 0 Å². The minimum atomic E-state index is -0.383. The zero-order valence-electron chi connectivity index (χ0n) is 13.5. The van der Waals surface area contributed by atoms with E-state index < -0.39 is 0 Å². The summed E-state index contributed by atoms with van der Waals surface area (Å²) in [4.78, 5) is 11.8. The van der Waals surface area contributed by atoms with Crippen molar-refractivity contribution in [2.24, 2.45) is 0 Å². The van der Waals surface area contributed by atoms with Crippen LogP contribution in [0.2, 0.25) is 0 Å². The first-order valence-corrected chi connectivity index (χ1v) is 8.97. The number of benzene rings is 1. The first-order chi connectivity index (χ1) is 11.6. The van der Waals surface area contributed by atoms with E-state index in [9.17, 15) is 9.90 Å². The molecular weight excluding hydrogens is 326 g/mol. The number of fused-ring (bicyclic) bond motifs is 1. The largest absolute Gasteiger partial charge is 0.508 e. The van der Waals surface area contributed by atoms with Crippen molar-refractivity contribution >= 4 is 22.7 Å². The predicted octanol–water partition coefficient (Wildman–Crippen LogP) is 2.40. The second kappa shape index (κ2) is 7.59. The number of rotatable bonds is 7. The number of phenols is 1. The Hall–Kier alpha value is -2.18. The van der Waals surface area contributed by atoms with Gasteiger partial charge in [-0.15, -0.1) is 11.8 Å². The minimum absolute atomic E-state index is 0.140. The van der Waals surface area contributed by atoms with Crippen molar-refractivity contribution in [1.82, 2.24) is 0 Å². The third-order valence-electron chi connectivity index (χ3n) is 3.87. The maximum Gasteiger partial charge on any atom is 0.336 e. The molecule has 0 bridgehead atoms. The van der Waals surface area contributed by atoms with Gasteiger partial charge in [0.25, 0.3) is 0 Å². The first kappa shape index (κ1) is 16.7. The van der Waals surface area contributed by atoms with Gasteiger partial charge in [0.2, 0.25) is 0 Å². The highest BCUT2D eigenvalue weighted by Crippen LogP contribution is 2.26. The lowest BCUT2D eigenvalue weighted by atomic mass is 10.1. The van der Waals surface area contributed by atoms with Crippen LogP contribution >= 0.6 is 11.8 Å². The molecule has 3 N–H and O–H groups in total. The Morgan fingerprint density at radius 2 is 2.17 bits per heavy atom. The molecule has 24 heavy (non-hydrogen) atoms. The zero-order chi connectivity index (χ0) is 16.9. The Bertz CT molecular complexity index is 871. The van der Waals surface area contributed by atoms with Gasteiger partial charge >= 0.3 is 5.63 Å². The molecule has 3 aromatic rings. The number of hydrogen-bond donors (Lipinski definition) is 2. The molecule has 3 rings (SSSR count). The van der Waals surface area contributed by atoms with Crippen LogP contribution in [0.5, 0.6) is 5.75 Å². The molecule has 1 aromatic carbocycles. The van der Waals surface area contributed by atoms with E-state index in [0.717, 1.165) is 34.8 Å². The van der Waals surface area contributed by atoms with E-state index in [2.05, 4.69) is 5.32 Å². The van der Waals surface area contributed by atoms with E-state index in [4.69, 9.17) is 8.83 Å². The summed E-state index contributed by atoms with van der Waals surface area (Å²) in [5.41, 5.74) is 1.62. The summed E-state index contributed by atoms with van der Waals surface area (Å²) in [5, 5.41) is 12.8. The molecule has 0 atom stereocenters. The second-order valence-electron chi connectivity index (χ2n) is 5.59. The summed E-state index contributed by atoms with van der Waals surface area (Å²) in [6.07, 6.45) is 1.69. The number of thioether (sulfide) groups is 1. The quantitative estimate of drug-likeness (QED) is 0.507. The Balaban J connectivity index is 1.59. The van der Waals surface area contributed by atoms with Crippen molar-refractivity contribution in [1.29, 1.82) is 0 Å². The molecule has 0 amide bonds. The maximum atomic E-state index is 11.8. The highest BCUT2D eigenvalue weighted by atomic mass is 32.2. The van der Waals surface area contributed by atoms with Crippen molar-refractivity contribution in [2.75, 3.05) is 12.3 Å². The highest BCUT2D eigenvalue weighted by molar-refractivity contribution is 7.98. The number of nitrogens with two attached hydrogens (primary N) is 1. The van der Waals surface area contributed by atoms with Crippen LogP contribution in [-0.2, 0) is 12.3 Å². The number of phenolic OH excluding ortho intramolecular Hbond substituents is 1.